The lowest BCUT2D eigenvalue weighted by Gasteiger charge is -2.39. The van der Waals surface area contributed by atoms with Crippen LogP contribution in [-0.2, 0) is 9.53 Å². The zero-order chi connectivity index (χ0) is 21.6. The van der Waals surface area contributed by atoms with Crippen molar-refractivity contribution in [1.29, 1.82) is 0 Å². The lowest BCUT2D eigenvalue weighted by Crippen LogP contribution is -2.56. The van der Waals surface area contributed by atoms with E-state index in [-0.39, 0.29) is 36.0 Å². The van der Waals surface area contributed by atoms with Gasteiger partial charge in [-0.2, -0.15) is 0 Å². The summed E-state index contributed by atoms with van der Waals surface area (Å²) in [6.07, 6.45) is 4.19. The van der Waals surface area contributed by atoms with Gasteiger partial charge in [0.25, 0.3) is 5.91 Å². The molecule has 32 heavy (non-hydrogen) atoms. The Morgan fingerprint density at radius 3 is 2.50 bits per heavy atom. The van der Waals surface area contributed by atoms with Crippen molar-refractivity contribution < 1.29 is 9.53 Å². The van der Waals surface area contributed by atoms with Crippen molar-refractivity contribution in [2.45, 2.75) is 44.8 Å². The molecule has 2 atom stereocenters. The summed E-state index contributed by atoms with van der Waals surface area (Å²) in [5.74, 6) is 1.93. The molecule has 0 saturated carbocycles. The molecule has 0 aliphatic carbocycles. The normalized spacial score (nSPS) is 24.3. The number of thiophene rings is 1. The van der Waals surface area contributed by atoms with Crippen LogP contribution in [0.2, 0.25) is 0 Å². The van der Waals surface area contributed by atoms with Gasteiger partial charge in [-0.3, -0.25) is 14.7 Å². The first-order chi connectivity index (χ1) is 15.2. The highest BCUT2D eigenvalue weighted by Crippen LogP contribution is 2.29. The van der Waals surface area contributed by atoms with Crippen molar-refractivity contribution in [2.24, 2.45) is 10.9 Å². The number of guanidine groups is 1. The fourth-order valence-electron chi connectivity index (χ4n) is 4.87. The van der Waals surface area contributed by atoms with Crippen LogP contribution in [0.1, 0.15) is 43.5 Å². The highest BCUT2D eigenvalue weighted by Gasteiger charge is 2.31. The van der Waals surface area contributed by atoms with E-state index < -0.39 is 0 Å². The van der Waals surface area contributed by atoms with Crippen LogP contribution in [0.5, 0.6) is 0 Å². The average Bonchev–Trinajstić information content (AvgIpc) is 3.52. The maximum atomic E-state index is 12.6. The Bertz CT molecular complexity index is 725. The van der Waals surface area contributed by atoms with Crippen LogP contribution in [0.15, 0.2) is 22.5 Å². The first-order valence-electron chi connectivity index (χ1n) is 11.8. The van der Waals surface area contributed by atoms with Gasteiger partial charge in [0, 0.05) is 51.3 Å². The molecule has 1 N–H and O–H groups in total. The van der Waals surface area contributed by atoms with Crippen LogP contribution in [-0.4, -0.2) is 92.1 Å². The summed E-state index contributed by atoms with van der Waals surface area (Å²) < 4.78 is 5.58. The molecular formula is C23H38IN5O2S. The van der Waals surface area contributed by atoms with Gasteiger partial charge in [-0.25, -0.2) is 0 Å². The van der Waals surface area contributed by atoms with Crippen molar-refractivity contribution >= 4 is 47.2 Å². The number of piperazine rings is 1. The lowest BCUT2D eigenvalue weighted by molar-refractivity contribution is -0.142. The van der Waals surface area contributed by atoms with Gasteiger partial charge in [-0.05, 0) is 56.1 Å². The van der Waals surface area contributed by atoms with Crippen LogP contribution in [0.4, 0.5) is 0 Å². The minimum atomic E-state index is -0.220. The second kappa shape index (κ2) is 12.5. The van der Waals surface area contributed by atoms with E-state index in [9.17, 15) is 4.79 Å². The molecule has 0 spiro atoms. The number of halogens is 1. The number of likely N-dealkylation sites (tertiary alicyclic amines) is 1. The number of amides is 1. The Morgan fingerprint density at radius 1 is 1.19 bits per heavy atom. The number of hydrogen-bond donors (Lipinski definition) is 1. The quantitative estimate of drug-likeness (QED) is 0.333. The van der Waals surface area contributed by atoms with Gasteiger partial charge in [0.2, 0.25) is 0 Å². The molecule has 180 valence electrons. The average molecular weight is 576 g/mol. The van der Waals surface area contributed by atoms with E-state index in [4.69, 9.17) is 4.74 Å². The molecule has 1 aromatic rings. The lowest BCUT2D eigenvalue weighted by atomic mass is 9.97. The van der Waals surface area contributed by atoms with E-state index in [0.29, 0.717) is 12.6 Å². The molecule has 3 aliphatic heterocycles. The minimum Gasteiger partial charge on any atom is -0.368 e. The number of ether oxygens (including phenoxy) is 1. The van der Waals surface area contributed by atoms with E-state index in [1.807, 2.05) is 23.3 Å². The van der Waals surface area contributed by atoms with Gasteiger partial charge in [0.05, 0.1) is 6.04 Å². The summed E-state index contributed by atoms with van der Waals surface area (Å²) in [5, 5.41) is 5.82. The molecule has 1 aromatic heterocycles. The number of piperidine rings is 1. The van der Waals surface area contributed by atoms with Gasteiger partial charge < -0.3 is 19.9 Å². The summed E-state index contributed by atoms with van der Waals surface area (Å²) in [6.45, 7) is 9.34. The van der Waals surface area contributed by atoms with E-state index in [1.165, 1.54) is 17.7 Å². The van der Waals surface area contributed by atoms with Crippen LogP contribution in [0.3, 0.4) is 0 Å². The monoisotopic (exact) mass is 575 g/mol. The number of aliphatic imine (C=N–C) groups is 1. The molecule has 3 fully saturated rings. The Morgan fingerprint density at radius 2 is 1.91 bits per heavy atom. The second-order valence-electron chi connectivity index (χ2n) is 8.99. The van der Waals surface area contributed by atoms with Gasteiger partial charge in [0.1, 0.15) is 6.10 Å². The summed E-state index contributed by atoms with van der Waals surface area (Å²) >= 11 is 1.84. The maximum Gasteiger partial charge on any atom is 0.251 e. The van der Waals surface area contributed by atoms with E-state index in [2.05, 4.69) is 44.5 Å². The van der Waals surface area contributed by atoms with Crippen LogP contribution >= 0.6 is 35.3 Å². The Labute approximate surface area is 213 Å². The van der Waals surface area contributed by atoms with Crippen molar-refractivity contribution in [1.82, 2.24) is 20.0 Å². The molecule has 3 aliphatic rings. The number of nitrogens with zero attached hydrogens (tertiary/aromatic N) is 4. The third-order valence-electron chi connectivity index (χ3n) is 6.89. The smallest absolute Gasteiger partial charge is 0.251 e. The van der Waals surface area contributed by atoms with Crippen LogP contribution in [0, 0.1) is 5.92 Å². The number of carbonyl (C=O) groups is 1. The zero-order valence-electron chi connectivity index (χ0n) is 19.4. The fraction of sp³-hybridized carbons (Fsp3) is 0.739. The topological polar surface area (TPSA) is 60.4 Å². The molecule has 4 rings (SSSR count). The van der Waals surface area contributed by atoms with E-state index >= 15 is 0 Å². The number of nitrogens with one attached hydrogen (secondary N) is 1. The summed E-state index contributed by atoms with van der Waals surface area (Å²) in [7, 11) is 1.86. The molecule has 3 saturated heterocycles. The number of hydrogen-bond acceptors (Lipinski definition) is 5. The first-order valence-corrected chi connectivity index (χ1v) is 12.7. The highest BCUT2D eigenvalue weighted by molar-refractivity contribution is 14.0. The first kappa shape index (κ1) is 25.7. The van der Waals surface area contributed by atoms with Crippen LogP contribution < -0.4 is 5.32 Å². The molecule has 0 aromatic carbocycles. The largest absolute Gasteiger partial charge is 0.368 e. The van der Waals surface area contributed by atoms with Crippen molar-refractivity contribution in [3.63, 3.8) is 0 Å². The minimum absolute atomic E-state index is 0. The van der Waals surface area contributed by atoms with Gasteiger partial charge in [-0.15, -0.1) is 35.3 Å². The third-order valence-corrected chi connectivity index (χ3v) is 7.87. The molecule has 7 nitrogen and oxygen atoms in total. The standard InChI is InChI=1S/C23H37N5O2S.HI/c1-18-7-9-26(10-8-18)19(21-6-4-16-31-21)17-25-23(24-2)28-13-11-27(12-14-28)22(29)20-5-3-15-30-20;/h4,6,16,18-20H,3,5,7-15,17H2,1-2H3,(H,24,25);1H. The van der Waals surface area contributed by atoms with Crippen molar-refractivity contribution in [3.8, 4) is 0 Å². The van der Waals surface area contributed by atoms with Gasteiger partial charge in [0.15, 0.2) is 5.96 Å². The molecular weight excluding hydrogens is 537 g/mol. The summed E-state index contributed by atoms with van der Waals surface area (Å²) in [4.78, 5) is 25.5. The highest BCUT2D eigenvalue weighted by atomic mass is 127. The van der Waals surface area contributed by atoms with Crippen molar-refractivity contribution in [2.75, 3.05) is 59.5 Å². The van der Waals surface area contributed by atoms with Gasteiger partial charge >= 0.3 is 0 Å². The fourth-order valence-corrected chi connectivity index (χ4v) is 5.73. The molecule has 2 unspecified atom stereocenters. The van der Waals surface area contributed by atoms with Crippen molar-refractivity contribution in [3.05, 3.63) is 22.4 Å². The maximum absolute atomic E-state index is 12.6. The molecule has 9 heteroatoms. The summed E-state index contributed by atoms with van der Waals surface area (Å²) in [6, 6.07) is 4.79. The number of rotatable bonds is 5. The molecule has 0 radical (unpaired) electrons. The Kier molecular flexibility index (Phi) is 10.1. The predicted octanol–water partition coefficient (Wildman–Crippen LogP) is 3.04. The van der Waals surface area contributed by atoms with E-state index in [0.717, 1.165) is 70.5 Å². The summed E-state index contributed by atoms with van der Waals surface area (Å²) in [5.41, 5.74) is 0. The molecule has 0 bridgehead atoms. The van der Waals surface area contributed by atoms with Gasteiger partial charge in [-0.1, -0.05) is 13.0 Å². The SMILES string of the molecule is CN=C(NCC(c1cccs1)N1CCC(C)CC1)N1CCN(C(=O)C2CCCO2)CC1.I. The molecule has 4 heterocycles. The third kappa shape index (κ3) is 6.36. The van der Waals surface area contributed by atoms with E-state index in [1.54, 1.807) is 0 Å². The second-order valence-corrected chi connectivity index (χ2v) is 9.97. The zero-order valence-corrected chi connectivity index (χ0v) is 22.5. The Balaban J connectivity index is 0.00000289. The predicted molar refractivity (Wildman–Crippen MR) is 141 cm³/mol. The molecule has 1 amide bonds. The number of carbonyl (C=O) groups excluding carboxylic acids is 1. The van der Waals surface area contributed by atoms with Crippen LogP contribution in [0.25, 0.3) is 0 Å². The Hall–Kier alpha value is -0.910.